The highest BCUT2D eigenvalue weighted by molar-refractivity contribution is 7.17. The van der Waals surface area contributed by atoms with Crippen LogP contribution in [0.4, 0.5) is 9.39 Å². The normalized spacial score (nSPS) is 13.1. The summed E-state index contributed by atoms with van der Waals surface area (Å²) in [5.74, 6) is -0.658. The Hall–Kier alpha value is -2.93. The summed E-state index contributed by atoms with van der Waals surface area (Å²) in [5.41, 5.74) is 2.09. The van der Waals surface area contributed by atoms with Crippen LogP contribution in [0.1, 0.15) is 44.2 Å². The molecule has 0 unspecified atom stereocenters. The second-order valence-corrected chi connectivity index (χ2v) is 7.64. The zero-order valence-electron chi connectivity index (χ0n) is 15.2. The van der Waals surface area contributed by atoms with Gasteiger partial charge < -0.3 is 14.5 Å². The number of anilines is 1. The third-order valence-electron chi connectivity index (χ3n) is 4.75. The Labute approximate surface area is 165 Å². The van der Waals surface area contributed by atoms with Crippen LogP contribution < -0.4 is 5.32 Å². The topological polar surface area (TPSA) is 68.5 Å². The molecule has 0 fully saturated rings. The van der Waals surface area contributed by atoms with Gasteiger partial charge in [0.2, 0.25) is 0 Å². The fourth-order valence-electron chi connectivity index (χ4n) is 3.37. The third kappa shape index (κ3) is 3.45. The van der Waals surface area contributed by atoms with Gasteiger partial charge in [-0.1, -0.05) is 0 Å². The molecule has 2 heterocycles. The summed E-state index contributed by atoms with van der Waals surface area (Å²) in [6.07, 6.45) is 3.79. The highest BCUT2D eigenvalue weighted by Crippen LogP contribution is 2.38. The van der Waals surface area contributed by atoms with E-state index < -0.39 is 11.9 Å². The predicted octanol–water partition coefficient (Wildman–Crippen LogP) is 5.06. The molecule has 4 rings (SSSR count). The quantitative estimate of drug-likeness (QED) is 0.622. The lowest BCUT2D eigenvalue weighted by Crippen LogP contribution is -2.14. The lowest BCUT2D eigenvalue weighted by Gasteiger charge is -2.11. The number of methoxy groups -OCH3 is 1. The van der Waals surface area contributed by atoms with E-state index in [4.69, 9.17) is 9.15 Å². The van der Waals surface area contributed by atoms with Crippen molar-refractivity contribution in [3.63, 3.8) is 0 Å². The van der Waals surface area contributed by atoms with Gasteiger partial charge in [0.25, 0.3) is 5.91 Å². The Balaban J connectivity index is 1.60. The summed E-state index contributed by atoms with van der Waals surface area (Å²) in [5, 5.41) is 3.29. The number of carbonyl (C=O) groups excluding carboxylic acids is 2. The zero-order chi connectivity index (χ0) is 19.7. The predicted molar refractivity (Wildman–Crippen MR) is 104 cm³/mol. The molecule has 3 aromatic rings. The maximum Gasteiger partial charge on any atom is 0.341 e. The number of esters is 1. The number of nitrogens with one attached hydrogen (secondary N) is 1. The van der Waals surface area contributed by atoms with Crippen molar-refractivity contribution in [3.8, 4) is 11.3 Å². The first-order chi connectivity index (χ1) is 13.6. The van der Waals surface area contributed by atoms with Crippen molar-refractivity contribution in [2.45, 2.75) is 25.7 Å². The van der Waals surface area contributed by atoms with Gasteiger partial charge in [0.15, 0.2) is 5.76 Å². The maximum atomic E-state index is 13.1. The molecule has 0 saturated carbocycles. The van der Waals surface area contributed by atoms with Crippen LogP contribution in [-0.4, -0.2) is 19.0 Å². The second-order valence-electron chi connectivity index (χ2n) is 6.53. The van der Waals surface area contributed by atoms with Gasteiger partial charge in [-0.2, -0.15) is 0 Å². The standard InChI is InChI=1S/C21H18FNO4S/c1-26-21(25)18-14-4-2-3-5-17(14)28-20(18)23-19(24)16-11-10-15(27-16)12-6-8-13(22)9-7-12/h6-11H,2-5H2,1H3,(H,23,24). The molecule has 0 atom stereocenters. The molecule has 7 heteroatoms. The Morgan fingerprint density at radius 2 is 1.86 bits per heavy atom. The second kappa shape index (κ2) is 7.59. The molecule has 1 aromatic carbocycles. The van der Waals surface area contributed by atoms with Gasteiger partial charge in [0, 0.05) is 10.4 Å². The van der Waals surface area contributed by atoms with Crippen LogP contribution in [0.25, 0.3) is 11.3 Å². The average molecular weight is 399 g/mol. The number of benzene rings is 1. The number of hydrogen-bond donors (Lipinski definition) is 1. The molecule has 0 aliphatic heterocycles. The number of fused-ring (bicyclic) bond motifs is 1. The van der Waals surface area contributed by atoms with E-state index in [1.807, 2.05) is 0 Å². The summed E-state index contributed by atoms with van der Waals surface area (Å²) < 4.78 is 23.6. The van der Waals surface area contributed by atoms with E-state index in [1.165, 1.54) is 30.6 Å². The Kier molecular flexibility index (Phi) is 5.00. The van der Waals surface area contributed by atoms with Gasteiger partial charge in [-0.25, -0.2) is 9.18 Å². The number of aryl methyl sites for hydroxylation is 1. The van der Waals surface area contributed by atoms with Gasteiger partial charge in [-0.05, 0) is 67.6 Å². The summed E-state index contributed by atoms with van der Waals surface area (Å²) in [4.78, 5) is 26.1. The summed E-state index contributed by atoms with van der Waals surface area (Å²) in [6, 6.07) is 9.03. The molecule has 2 aromatic heterocycles. The van der Waals surface area contributed by atoms with Crippen molar-refractivity contribution in [1.29, 1.82) is 0 Å². The minimum Gasteiger partial charge on any atom is -0.465 e. The third-order valence-corrected chi connectivity index (χ3v) is 5.95. The smallest absolute Gasteiger partial charge is 0.341 e. The van der Waals surface area contributed by atoms with Gasteiger partial charge in [-0.15, -0.1) is 11.3 Å². The number of rotatable bonds is 4. The fourth-order valence-corrected chi connectivity index (χ4v) is 4.64. The van der Waals surface area contributed by atoms with E-state index in [1.54, 1.807) is 24.3 Å². The Bertz CT molecular complexity index is 1040. The molecule has 0 bridgehead atoms. The molecule has 0 saturated heterocycles. The van der Waals surface area contributed by atoms with E-state index in [-0.39, 0.29) is 11.6 Å². The first kappa shape index (κ1) is 18.4. The number of ether oxygens (including phenoxy) is 1. The van der Waals surface area contributed by atoms with Gasteiger partial charge in [0.05, 0.1) is 12.7 Å². The first-order valence-electron chi connectivity index (χ1n) is 8.97. The van der Waals surface area contributed by atoms with E-state index in [2.05, 4.69) is 5.32 Å². The maximum absolute atomic E-state index is 13.1. The van der Waals surface area contributed by atoms with Crippen molar-refractivity contribution in [2.24, 2.45) is 0 Å². The average Bonchev–Trinajstić information content (AvgIpc) is 3.33. The van der Waals surface area contributed by atoms with E-state index in [9.17, 15) is 14.0 Å². The molecule has 5 nitrogen and oxygen atoms in total. The molecular weight excluding hydrogens is 381 g/mol. The molecule has 144 valence electrons. The van der Waals surface area contributed by atoms with Crippen LogP contribution in [0, 0.1) is 5.82 Å². The van der Waals surface area contributed by atoms with Gasteiger partial charge >= 0.3 is 5.97 Å². The van der Waals surface area contributed by atoms with E-state index in [0.717, 1.165) is 36.1 Å². The van der Waals surface area contributed by atoms with Crippen LogP contribution in [-0.2, 0) is 17.6 Å². The zero-order valence-corrected chi connectivity index (χ0v) is 16.0. The number of hydrogen-bond acceptors (Lipinski definition) is 5. The largest absolute Gasteiger partial charge is 0.465 e. The van der Waals surface area contributed by atoms with Crippen LogP contribution in [0.5, 0.6) is 0 Å². The van der Waals surface area contributed by atoms with Crippen molar-refractivity contribution in [1.82, 2.24) is 0 Å². The van der Waals surface area contributed by atoms with Crippen molar-refractivity contribution in [2.75, 3.05) is 12.4 Å². The van der Waals surface area contributed by atoms with Gasteiger partial charge in [0.1, 0.15) is 16.6 Å². The first-order valence-corrected chi connectivity index (χ1v) is 9.78. The monoisotopic (exact) mass is 399 g/mol. The summed E-state index contributed by atoms with van der Waals surface area (Å²) in [6.45, 7) is 0. The molecule has 28 heavy (non-hydrogen) atoms. The molecule has 1 amide bonds. The highest BCUT2D eigenvalue weighted by Gasteiger charge is 2.27. The van der Waals surface area contributed by atoms with E-state index >= 15 is 0 Å². The number of carbonyl (C=O) groups is 2. The van der Waals surface area contributed by atoms with E-state index in [0.29, 0.717) is 21.9 Å². The lowest BCUT2D eigenvalue weighted by atomic mass is 9.95. The molecular formula is C21H18FNO4S. The highest BCUT2D eigenvalue weighted by atomic mass is 32.1. The molecule has 1 aliphatic carbocycles. The minimum absolute atomic E-state index is 0.113. The minimum atomic E-state index is -0.447. The van der Waals surface area contributed by atoms with Crippen LogP contribution in [0.15, 0.2) is 40.8 Å². The van der Waals surface area contributed by atoms with Crippen molar-refractivity contribution in [3.05, 3.63) is 64.0 Å². The number of halogens is 1. The molecule has 1 N–H and O–H groups in total. The Morgan fingerprint density at radius 3 is 2.61 bits per heavy atom. The lowest BCUT2D eigenvalue weighted by molar-refractivity contribution is 0.0601. The molecule has 0 radical (unpaired) electrons. The van der Waals surface area contributed by atoms with Crippen LogP contribution in [0.2, 0.25) is 0 Å². The number of furan rings is 1. The number of amides is 1. The summed E-state index contributed by atoms with van der Waals surface area (Å²) in [7, 11) is 1.34. The molecule has 1 aliphatic rings. The SMILES string of the molecule is COC(=O)c1c(NC(=O)c2ccc(-c3ccc(F)cc3)o2)sc2c1CCCC2. The fraction of sp³-hybridized carbons (Fsp3) is 0.238. The Morgan fingerprint density at radius 1 is 1.11 bits per heavy atom. The van der Waals surface area contributed by atoms with Gasteiger partial charge in [-0.3, -0.25) is 4.79 Å². The van der Waals surface area contributed by atoms with Crippen LogP contribution >= 0.6 is 11.3 Å². The number of thiophene rings is 1. The van der Waals surface area contributed by atoms with Crippen LogP contribution in [0.3, 0.4) is 0 Å². The summed E-state index contributed by atoms with van der Waals surface area (Å²) >= 11 is 1.42. The molecule has 0 spiro atoms. The van der Waals surface area contributed by atoms with Crippen molar-refractivity contribution < 1.29 is 23.1 Å². The van der Waals surface area contributed by atoms with Crippen molar-refractivity contribution >= 4 is 28.2 Å².